The average Bonchev–Trinajstić information content (AvgIpc) is 2.72. The molecule has 1 aromatic heterocycles. The second-order valence-electron chi connectivity index (χ2n) is 5.45. The fourth-order valence-electron chi connectivity index (χ4n) is 2.44. The van der Waals surface area contributed by atoms with E-state index in [1.165, 1.54) is 0 Å². The molecule has 2 unspecified atom stereocenters. The van der Waals surface area contributed by atoms with E-state index < -0.39 is 0 Å². The highest BCUT2D eigenvalue weighted by Gasteiger charge is 2.30. The maximum Gasteiger partial charge on any atom is 0.234 e. The summed E-state index contributed by atoms with van der Waals surface area (Å²) in [6.45, 7) is 11.5. The SMILES string of the molecule is CCOc1cncc(NC2CN(C(C)C)CC2C)n1. The van der Waals surface area contributed by atoms with Crippen molar-refractivity contribution in [3.8, 4) is 5.88 Å². The quantitative estimate of drug-likeness (QED) is 0.881. The molecule has 0 aromatic carbocycles. The summed E-state index contributed by atoms with van der Waals surface area (Å²) >= 11 is 0. The second-order valence-corrected chi connectivity index (χ2v) is 5.45. The molecule has 1 saturated heterocycles. The number of hydrogen-bond acceptors (Lipinski definition) is 5. The Labute approximate surface area is 115 Å². The summed E-state index contributed by atoms with van der Waals surface area (Å²) in [5.41, 5.74) is 0. The van der Waals surface area contributed by atoms with E-state index in [1.807, 2.05) is 6.92 Å². The standard InChI is InChI=1S/C14H24N4O/c1-5-19-14-7-15-6-13(17-14)16-12-9-18(10(2)3)8-11(12)4/h6-7,10-12H,5,8-9H2,1-4H3,(H,16,17). The summed E-state index contributed by atoms with van der Waals surface area (Å²) in [7, 11) is 0. The highest BCUT2D eigenvalue weighted by molar-refractivity contribution is 5.35. The van der Waals surface area contributed by atoms with Crippen molar-refractivity contribution in [2.24, 2.45) is 5.92 Å². The van der Waals surface area contributed by atoms with Crippen molar-refractivity contribution in [1.29, 1.82) is 0 Å². The Hall–Kier alpha value is -1.36. The molecular weight excluding hydrogens is 240 g/mol. The lowest BCUT2D eigenvalue weighted by molar-refractivity contribution is 0.267. The van der Waals surface area contributed by atoms with Crippen molar-refractivity contribution in [3.63, 3.8) is 0 Å². The molecule has 1 aliphatic rings. The molecule has 0 saturated carbocycles. The van der Waals surface area contributed by atoms with Gasteiger partial charge in [0.15, 0.2) is 0 Å². The van der Waals surface area contributed by atoms with Gasteiger partial charge in [0.25, 0.3) is 0 Å². The first-order chi connectivity index (χ1) is 9.10. The molecule has 2 heterocycles. The molecule has 0 aliphatic carbocycles. The first-order valence-electron chi connectivity index (χ1n) is 7.05. The Balaban J connectivity index is 1.99. The molecule has 0 spiro atoms. The Morgan fingerprint density at radius 2 is 2.21 bits per heavy atom. The van der Waals surface area contributed by atoms with Gasteiger partial charge < -0.3 is 10.1 Å². The van der Waals surface area contributed by atoms with E-state index in [4.69, 9.17) is 4.74 Å². The zero-order valence-electron chi connectivity index (χ0n) is 12.3. The maximum absolute atomic E-state index is 5.37. The van der Waals surface area contributed by atoms with Crippen molar-refractivity contribution in [1.82, 2.24) is 14.9 Å². The number of ether oxygens (including phenoxy) is 1. The fraction of sp³-hybridized carbons (Fsp3) is 0.714. The predicted molar refractivity (Wildman–Crippen MR) is 76.5 cm³/mol. The molecule has 1 aliphatic heterocycles. The minimum absolute atomic E-state index is 0.425. The van der Waals surface area contributed by atoms with Crippen LogP contribution in [0, 0.1) is 5.92 Å². The topological polar surface area (TPSA) is 50.3 Å². The van der Waals surface area contributed by atoms with E-state index in [-0.39, 0.29) is 0 Å². The monoisotopic (exact) mass is 264 g/mol. The third-order valence-electron chi connectivity index (χ3n) is 3.61. The van der Waals surface area contributed by atoms with Crippen LogP contribution in [0.15, 0.2) is 12.4 Å². The van der Waals surface area contributed by atoms with Crippen LogP contribution in [-0.4, -0.2) is 46.6 Å². The molecule has 1 N–H and O–H groups in total. The average molecular weight is 264 g/mol. The Kier molecular flexibility index (Phi) is 4.58. The van der Waals surface area contributed by atoms with Gasteiger partial charge in [0.1, 0.15) is 5.82 Å². The van der Waals surface area contributed by atoms with Crippen LogP contribution < -0.4 is 10.1 Å². The molecule has 0 amide bonds. The van der Waals surface area contributed by atoms with Crippen LogP contribution in [0.2, 0.25) is 0 Å². The van der Waals surface area contributed by atoms with Crippen molar-refractivity contribution in [3.05, 3.63) is 12.4 Å². The lowest BCUT2D eigenvalue weighted by atomic mass is 10.1. The van der Waals surface area contributed by atoms with Gasteiger partial charge in [-0.2, -0.15) is 4.98 Å². The molecule has 2 rings (SSSR count). The largest absolute Gasteiger partial charge is 0.477 e. The van der Waals surface area contributed by atoms with Crippen molar-refractivity contribution < 1.29 is 4.74 Å². The first-order valence-corrected chi connectivity index (χ1v) is 7.05. The van der Waals surface area contributed by atoms with Crippen LogP contribution >= 0.6 is 0 Å². The third kappa shape index (κ3) is 3.56. The Bertz CT molecular complexity index is 410. The van der Waals surface area contributed by atoms with E-state index in [0.29, 0.717) is 30.5 Å². The zero-order chi connectivity index (χ0) is 13.8. The fourth-order valence-corrected chi connectivity index (χ4v) is 2.44. The predicted octanol–water partition coefficient (Wildman–Crippen LogP) is 2.02. The smallest absolute Gasteiger partial charge is 0.234 e. The summed E-state index contributed by atoms with van der Waals surface area (Å²) in [4.78, 5) is 11.1. The molecule has 1 fully saturated rings. The van der Waals surface area contributed by atoms with Gasteiger partial charge in [-0.15, -0.1) is 0 Å². The van der Waals surface area contributed by atoms with Gasteiger partial charge >= 0.3 is 0 Å². The molecule has 5 heteroatoms. The van der Waals surface area contributed by atoms with Crippen LogP contribution in [0.4, 0.5) is 5.82 Å². The van der Waals surface area contributed by atoms with Gasteiger partial charge in [0.05, 0.1) is 19.0 Å². The zero-order valence-corrected chi connectivity index (χ0v) is 12.3. The van der Waals surface area contributed by atoms with E-state index >= 15 is 0 Å². The van der Waals surface area contributed by atoms with E-state index in [1.54, 1.807) is 12.4 Å². The highest BCUT2D eigenvalue weighted by Crippen LogP contribution is 2.22. The molecular formula is C14H24N4O. The summed E-state index contributed by atoms with van der Waals surface area (Å²) in [6, 6.07) is 1.02. The van der Waals surface area contributed by atoms with Gasteiger partial charge in [-0.3, -0.25) is 9.88 Å². The number of anilines is 1. The van der Waals surface area contributed by atoms with Gasteiger partial charge in [0.2, 0.25) is 5.88 Å². The summed E-state index contributed by atoms with van der Waals surface area (Å²) in [5, 5.41) is 3.48. The summed E-state index contributed by atoms with van der Waals surface area (Å²) in [6.07, 6.45) is 3.40. The number of nitrogens with zero attached hydrogens (tertiary/aromatic N) is 3. The highest BCUT2D eigenvalue weighted by atomic mass is 16.5. The molecule has 0 bridgehead atoms. The van der Waals surface area contributed by atoms with Gasteiger partial charge in [-0.05, 0) is 26.7 Å². The Morgan fingerprint density at radius 1 is 1.42 bits per heavy atom. The number of aromatic nitrogens is 2. The lowest BCUT2D eigenvalue weighted by Gasteiger charge is -2.20. The number of hydrogen-bond donors (Lipinski definition) is 1. The number of rotatable bonds is 5. The molecule has 19 heavy (non-hydrogen) atoms. The first kappa shape index (κ1) is 14.1. The van der Waals surface area contributed by atoms with Crippen LogP contribution in [-0.2, 0) is 0 Å². The van der Waals surface area contributed by atoms with E-state index in [9.17, 15) is 0 Å². The summed E-state index contributed by atoms with van der Waals surface area (Å²) < 4.78 is 5.37. The Morgan fingerprint density at radius 3 is 2.84 bits per heavy atom. The normalized spacial score (nSPS) is 23.8. The lowest BCUT2D eigenvalue weighted by Crippen LogP contribution is -2.31. The number of likely N-dealkylation sites (tertiary alicyclic amines) is 1. The van der Waals surface area contributed by atoms with Gasteiger partial charge in [-0.25, -0.2) is 0 Å². The molecule has 106 valence electrons. The van der Waals surface area contributed by atoms with Crippen molar-refractivity contribution >= 4 is 5.82 Å². The molecule has 2 atom stereocenters. The molecule has 5 nitrogen and oxygen atoms in total. The van der Waals surface area contributed by atoms with Crippen LogP contribution in [0.5, 0.6) is 5.88 Å². The van der Waals surface area contributed by atoms with Crippen molar-refractivity contribution in [2.45, 2.75) is 39.8 Å². The summed E-state index contributed by atoms with van der Waals surface area (Å²) in [5.74, 6) is 1.99. The third-order valence-corrected chi connectivity index (χ3v) is 3.61. The minimum atomic E-state index is 0.425. The van der Waals surface area contributed by atoms with E-state index in [0.717, 1.165) is 18.9 Å². The molecule has 1 aromatic rings. The number of nitrogens with one attached hydrogen (secondary N) is 1. The van der Waals surface area contributed by atoms with Crippen molar-refractivity contribution in [2.75, 3.05) is 25.0 Å². The van der Waals surface area contributed by atoms with Crippen LogP contribution in [0.25, 0.3) is 0 Å². The van der Waals surface area contributed by atoms with Crippen LogP contribution in [0.3, 0.4) is 0 Å². The second kappa shape index (κ2) is 6.19. The minimum Gasteiger partial charge on any atom is -0.477 e. The van der Waals surface area contributed by atoms with Crippen LogP contribution in [0.1, 0.15) is 27.7 Å². The van der Waals surface area contributed by atoms with E-state index in [2.05, 4.69) is 41.0 Å². The van der Waals surface area contributed by atoms with Gasteiger partial charge in [-0.1, -0.05) is 6.92 Å². The maximum atomic E-state index is 5.37. The van der Waals surface area contributed by atoms with Gasteiger partial charge in [0, 0.05) is 25.2 Å². The molecule has 0 radical (unpaired) electrons.